The van der Waals surface area contributed by atoms with Crippen LogP contribution in [0.5, 0.6) is 0 Å². The third kappa shape index (κ3) is 32.9. The van der Waals surface area contributed by atoms with Gasteiger partial charge in [0.2, 0.25) is 0 Å². The summed E-state index contributed by atoms with van der Waals surface area (Å²) in [4.78, 5) is 32.3. The first-order valence-corrected chi connectivity index (χ1v) is 9.49. The lowest BCUT2D eigenvalue weighted by Crippen LogP contribution is -2.34. The number of nitrogens with two attached hydrogens (primary N) is 2. The van der Waals surface area contributed by atoms with Gasteiger partial charge in [-0.15, -0.1) is 0 Å². The van der Waals surface area contributed by atoms with E-state index in [-0.39, 0.29) is 21.9 Å². The lowest BCUT2D eigenvalue weighted by molar-refractivity contribution is -0.147. The predicted molar refractivity (Wildman–Crippen MR) is 121 cm³/mol. The normalized spacial score (nSPS) is 9.69. The molecule has 0 amide bonds. The number of carbonyl (C=O) groups excluding carboxylic acids is 2. The van der Waals surface area contributed by atoms with Crippen molar-refractivity contribution >= 4 is 11.9 Å². The maximum Gasteiger partial charge on any atom is 0.349 e. The predicted octanol–water partition coefficient (Wildman–Crippen LogP) is -7.38. The van der Waals surface area contributed by atoms with Crippen molar-refractivity contribution in [2.45, 2.75) is 0 Å². The molecule has 0 aliphatic rings. The molecule has 0 saturated carbocycles. The summed E-state index contributed by atoms with van der Waals surface area (Å²) in [5.41, 5.74) is 15.7. The lowest BCUT2D eigenvalue weighted by atomic mass is 10.5. The third-order valence-corrected chi connectivity index (χ3v) is 3.11. The Labute approximate surface area is 188 Å². The quantitative estimate of drug-likeness (QED) is 0.0461. The zero-order chi connectivity index (χ0) is 20.7. The van der Waals surface area contributed by atoms with Crippen LogP contribution in [0, 0.1) is 0 Å². The van der Waals surface area contributed by atoms with Gasteiger partial charge in [-0.05, 0) is 0 Å². The van der Waals surface area contributed by atoms with Crippen LogP contribution in [0.1, 0.15) is 0 Å². The summed E-state index contributed by atoms with van der Waals surface area (Å²) < 4.78 is 0. The van der Waals surface area contributed by atoms with Crippen molar-refractivity contribution in [2.24, 2.45) is 11.5 Å². The number of nitrogens with one attached hydrogen (secondary N) is 6. The summed E-state index contributed by atoms with van der Waals surface area (Å²) in [5.74, 6) is -1.37. The Kier molecular flexibility index (Phi) is 42.9. The van der Waals surface area contributed by atoms with Gasteiger partial charge in [0.1, 0.15) is 0 Å². The molecule has 0 aromatic heterocycles. The molecule has 0 fully saturated rings. The summed E-state index contributed by atoms with van der Waals surface area (Å²) in [5, 5.41) is 12.6. The van der Waals surface area contributed by atoms with Crippen molar-refractivity contribution in [3.05, 3.63) is 12.2 Å². The molecule has 18 N–H and O–H groups in total. The molecule has 0 aliphatic heterocycles. The Morgan fingerprint density at radius 2 is 0.812 bits per heavy atom. The molecule has 0 unspecified atom stereocenters. The van der Waals surface area contributed by atoms with Crippen molar-refractivity contribution < 1.29 is 41.2 Å². The minimum atomic E-state index is -0.687. The van der Waals surface area contributed by atoms with Gasteiger partial charge >= 0.3 is 11.9 Å². The molecule has 0 aromatic carbocycles. The summed E-state index contributed by atoms with van der Waals surface area (Å²) >= 11 is 0. The maximum absolute atomic E-state index is 11.4. The summed E-state index contributed by atoms with van der Waals surface area (Å²) in [6, 6.07) is 0. The van der Waals surface area contributed by atoms with Crippen LogP contribution >= 0.6 is 0 Å². The molecule has 0 radical (unpaired) electrons. The monoisotopic (exact) mass is 476 g/mol. The molecular weight excluding hydrogens is 432 g/mol. The number of hydrogen-bond donors (Lipinski definition) is 8. The van der Waals surface area contributed by atoms with Gasteiger partial charge in [0.05, 0.1) is 0 Å². The average molecular weight is 477 g/mol. The maximum atomic E-state index is 11.4. The van der Waals surface area contributed by atoms with Gasteiger partial charge < -0.3 is 64.3 Å². The fourth-order valence-corrected chi connectivity index (χ4v) is 1.78. The van der Waals surface area contributed by atoms with Crippen molar-refractivity contribution in [3.8, 4) is 0 Å². The van der Waals surface area contributed by atoms with E-state index in [1.807, 2.05) is 0 Å². The van der Waals surface area contributed by atoms with Gasteiger partial charge in [-0.2, -0.15) is 11.0 Å². The molecule has 0 aliphatic carbocycles. The summed E-state index contributed by atoms with van der Waals surface area (Å²) in [7, 11) is 0. The average Bonchev–Trinajstić information content (AvgIpc) is 2.69. The number of rotatable bonds is 20. The Morgan fingerprint density at radius 3 is 1.12 bits per heavy atom. The molecule has 0 saturated heterocycles. The van der Waals surface area contributed by atoms with E-state index in [9.17, 15) is 9.59 Å². The molecule has 0 heterocycles. The summed E-state index contributed by atoms with van der Waals surface area (Å²) in [6.45, 7) is 8.14. The van der Waals surface area contributed by atoms with Crippen molar-refractivity contribution in [2.75, 3.05) is 78.5 Å². The van der Waals surface area contributed by atoms with Crippen LogP contribution in [-0.2, 0) is 19.3 Å². The topological polar surface area (TPSA) is 303 Å². The van der Waals surface area contributed by atoms with Crippen LogP contribution in [0.2, 0.25) is 0 Å². The van der Waals surface area contributed by atoms with E-state index in [1.165, 1.54) is 0 Å². The van der Waals surface area contributed by atoms with Gasteiger partial charge in [0.25, 0.3) is 0 Å². The number of carbonyl (C=O) groups is 2. The zero-order valence-corrected chi connectivity index (χ0v) is 18.4. The minimum Gasteiger partial charge on any atom is -0.412 e. The molecule has 0 atom stereocenters. The van der Waals surface area contributed by atoms with Crippen LogP contribution < -0.4 is 43.7 Å². The Hall–Kier alpha value is -1.80. The van der Waals surface area contributed by atoms with Gasteiger partial charge in [-0.3, -0.25) is 0 Å². The van der Waals surface area contributed by atoms with Gasteiger partial charge in [-0.25, -0.2) is 9.59 Å². The van der Waals surface area contributed by atoms with Gasteiger partial charge in [0.15, 0.2) is 0 Å². The van der Waals surface area contributed by atoms with E-state index in [0.717, 1.165) is 51.4 Å². The van der Waals surface area contributed by atoms with Gasteiger partial charge in [-0.1, -0.05) is 0 Å². The van der Waals surface area contributed by atoms with E-state index in [0.29, 0.717) is 39.3 Å². The van der Waals surface area contributed by atoms with Gasteiger partial charge in [0, 0.05) is 90.7 Å². The molecule has 196 valence electrons. The second-order valence-corrected chi connectivity index (χ2v) is 5.54. The molecule has 16 heteroatoms. The minimum absolute atomic E-state index is 0. The van der Waals surface area contributed by atoms with Crippen LogP contribution in [0.3, 0.4) is 0 Å². The van der Waals surface area contributed by atoms with E-state index in [1.54, 1.807) is 0 Å². The number of hydrogen-bond acceptors (Lipinski definition) is 12. The van der Waals surface area contributed by atoms with Crippen LogP contribution in [0.4, 0.5) is 0 Å². The van der Waals surface area contributed by atoms with Crippen molar-refractivity contribution in [1.82, 2.24) is 32.2 Å². The fraction of sp³-hybridized carbons (Fsp3) is 0.750. The number of hydroxylamine groups is 2. The second kappa shape index (κ2) is 33.8. The third-order valence-electron chi connectivity index (χ3n) is 3.11. The highest BCUT2D eigenvalue weighted by atomic mass is 16.7. The first kappa shape index (κ1) is 40.5. The molecular formula is C16H44N8O8. The largest absolute Gasteiger partial charge is 0.412 e. The molecule has 0 aromatic rings. The smallest absolute Gasteiger partial charge is 0.349 e. The molecule has 0 bridgehead atoms. The first-order chi connectivity index (χ1) is 13.7. The lowest BCUT2D eigenvalue weighted by Gasteiger charge is -2.07. The standard InChI is InChI=1S/C16H36N8O4.4H2O/c17-3-5-19-7-9-21-11-13-23-27-15(25)1-2-16(26)28-24-14-12-22-10-8-20-6-4-18;;;;/h1-2,19-24H,3-14,17-18H2;4*1H2/b2-1+;;;;. The van der Waals surface area contributed by atoms with E-state index in [2.05, 4.69) is 32.2 Å². The van der Waals surface area contributed by atoms with E-state index < -0.39 is 11.9 Å². The second-order valence-electron chi connectivity index (χ2n) is 5.54. The first-order valence-electron chi connectivity index (χ1n) is 9.49. The highest BCUT2D eigenvalue weighted by molar-refractivity contribution is 5.91. The van der Waals surface area contributed by atoms with E-state index >= 15 is 0 Å². The van der Waals surface area contributed by atoms with Crippen LogP contribution in [-0.4, -0.2) is 112 Å². The fourth-order valence-electron chi connectivity index (χ4n) is 1.78. The van der Waals surface area contributed by atoms with E-state index in [4.69, 9.17) is 21.1 Å². The van der Waals surface area contributed by atoms with Crippen molar-refractivity contribution in [3.63, 3.8) is 0 Å². The SMILES string of the molecule is NCCNCCNCCNOC(=O)/C=C/C(=O)ONCCNCCNCCN.O.O.O.O. The highest BCUT2D eigenvalue weighted by Gasteiger charge is 2.01. The zero-order valence-electron chi connectivity index (χ0n) is 18.4. The molecule has 0 spiro atoms. The Bertz CT molecular complexity index is 385. The Balaban J connectivity index is -0.000000607. The van der Waals surface area contributed by atoms with Crippen LogP contribution in [0.25, 0.3) is 0 Å². The molecule has 32 heavy (non-hydrogen) atoms. The van der Waals surface area contributed by atoms with Crippen molar-refractivity contribution in [1.29, 1.82) is 0 Å². The molecule has 0 rings (SSSR count). The Morgan fingerprint density at radius 1 is 0.531 bits per heavy atom. The summed E-state index contributed by atoms with van der Waals surface area (Å²) in [6.07, 6.45) is 1.98. The van der Waals surface area contributed by atoms with Crippen LogP contribution in [0.15, 0.2) is 12.2 Å². The highest BCUT2D eigenvalue weighted by Crippen LogP contribution is 1.82. The molecule has 16 nitrogen and oxygen atoms in total.